The maximum Gasteiger partial charge on any atom is 0.416 e. The summed E-state index contributed by atoms with van der Waals surface area (Å²) in [6.07, 6.45) is -20.4. The molecule has 0 radical (unpaired) electrons. The van der Waals surface area contributed by atoms with Crippen LogP contribution in [0.5, 0.6) is 0 Å². The van der Waals surface area contributed by atoms with Gasteiger partial charge >= 0.3 is 24.7 Å². The summed E-state index contributed by atoms with van der Waals surface area (Å²) >= 11 is 10.2. The maximum absolute atomic E-state index is 13.1. The van der Waals surface area contributed by atoms with Crippen molar-refractivity contribution in [3.8, 4) is 0 Å². The highest BCUT2D eigenvalue weighted by Gasteiger charge is 2.38. The Hall–Kier alpha value is -3.40. The second kappa shape index (κ2) is 10.9. The molecule has 40 heavy (non-hydrogen) atoms. The summed E-state index contributed by atoms with van der Waals surface area (Å²) in [6, 6.07) is 6.56. The number of nitrogens with one attached hydrogen (secondary N) is 2. The van der Waals surface area contributed by atoms with E-state index < -0.39 is 58.3 Å². The Bertz CT molecular complexity index is 1270. The summed E-state index contributed by atoms with van der Waals surface area (Å²) in [7, 11) is 0. The first kappa shape index (κ1) is 31.1. The minimum atomic E-state index is -5.10. The van der Waals surface area contributed by atoms with Crippen LogP contribution in [0.1, 0.15) is 33.4 Å². The van der Waals surface area contributed by atoms with E-state index in [0.29, 0.717) is 24.3 Å². The van der Waals surface area contributed by atoms with Gasteiger partial charge in [-0.05, 0) is 42.5 Å². The van der Waals surface area contributed by atoms with Gasteiger partial charge in [0, 0.05) is 22.5 Å². The lowest BCUT2D eigenvalue weighted by Crippen LogP contribution is -2.17. The molecule has 0 aromatic heterocycles. The van der Waals surface area contributed by atoms with Crippen molar-refractivity contribution in [2.24, 2.45) is 0 Å². The van der Waals surface area contributed by atoms with Gasteiger partial charge in [0.05, 0.1) is 22.3 Å². The standard InChI is InChI=1S/C24H12F12N2S2/c25-21(26,27)13-5-14(22(28,29)30)8-17(7-13)37-19(39)11-2-1-3-12(4-11)20(40)38-18-9-15(23(31,32)33)6-16(10-18)24(34,35)36/h1-10H,(H,37,39)(H,38,40). The SMILES string of the molecule is FC(F)(F)c1cc(NC(=S)c2cccc(C(=S)Nc3cc(C(F)(F)F)cc(C(F)(F)F)c3)c2)cc(C(F)(F)F)c1. The number of alkyl halides is 12. The quantitative estimate of drug-likeness (QED) is 0.224. The van der Waals surface area contributed by atoms with Crippen LogP contribution in [0, 0.1) is 0 Å². The van der Waals surface area contributed by atoms with E-state index >= 15 is 0 Å². The molecule has 0 unspecified atom stereocenters. The molecule has 0 saturated carbocycles. The second-order valence-electron chi connectivity index (χ2n) is 8.08. The van der Waals surface area contributed by atoms with Crippen LogP contribution in [-0.4, -0.2) is 9.98 Å². The van der Waals surface area contributed by atoms with Gasteiger partial charge in [0.25, 0.3) is 0 Å². The molecule has 0 amide bonds. The third-order valence-electron chi connectivity index (χ3n) is 5.08. The smallest absolute Gasteiger partial charge is 0.346 e. The molecule has 16 heteroatoms. The van der Waals surface area contributed by atoms with Crippen LogP contribution in [0.25, 0.3) is 0 Å². The molecule has 0 spiro atoms. The number of hydrogen-bond donors (Lipinski definition) is 2. The highest BCUT2D eigenvalue weighted by atomic mass is 32.1. The summed E-state index contributed by atoms with van der Waals surface area (Å²) in [5, 5.41) is 4.53. The summed E-state index contributed by atoms with van der Waals surface area (Å²) in [6.45, 7) is 0. The van der Waals surface area contributed by atoms with E-state index in [1.807, 2.05) is 0 Å². The van der Waals surface area contributed by atoms with Gasteiger partial charge in [-0.15, -0.1) is 0 Å². The van der Waals surface area contributed by atoms with Crippen LogP contribution in [0.4, 0.5) is 64.1 Å². The van der Waals surface area contributed by atoms with Crippen molar-refractivity contribution in [1.29, 1.82) is 0 Å². The van der Waals surface area contributed by atoms with Gasteiger partial charge in [-0.25, -0.2) is 0 Å². The molecule has 2 N–H and O–H groups in total. The van der Waals surface area contributed by atoms with Gasteiger partial charge in [-0.2, -0.15) is 52.7 Å². The van der Waals surface area contributed by atoms with Gasteiger partial charge in [0.1, 0.15) is 9.98 Å². The van der Waals surface area contributed by atoms with Crippen molar-refractivity contribution in [2.75, 3.05) is 10.6 Å². The summed E-state index contributed by atoms with van der Waals surface area (Å²) in [5.41, 5.74) is -7.61. The van der Waals surface area contributed by atoms with Gasteiger partial charge in [-0.1, -0.05) is 42.6 Å². The molecule has 0 saturated heterocycles. The highest BCUT2D eigenvalue weighted by Crippen LogP contribution is 2.39. The Morgan fingerprint density at radius 1 is 0.450 bits per heavy atom. The molecule has 214 valence electrons. The third-order valence-corrected chi connectivity index (χ3v) is 5.75. The van der Waals surface area contributed by atoms with E-state index in [1.54, 1.807) is 0 Å². The average molecular weight is 620 g/mol. The Morgan fingerprint density at radius 3 is 0.975 bits per heavy atom. The zero-order valence-corrected chi connectivity index (χ0v) is 20.8. The van der Waals surface area contributed by atoms with Crippen LogP contribution in [0.2, 0.25) is 0 Å². The van der Waals surface area contributed by atoms with Crippen LogP contribution >= 0.6 is 24.4 Å². The molecule has 2 nitrogen and oxygen atoms in total. The predicted molar refractivity (Wildman–Crippen MR) is 130 cm³/mol. The molecule has 0 aliphatic heterocycles. The zero-order valence-electron chi connectivity index (χ0n) is 19.1. The number of halogens is 12. The minimum absolute atomic E-state index is 0.0163. The molecular formula is C24H12F12N2S2. The van der Waals surface area contributed by atoms with Crippen molar-refractivity contribution >= 4 is 45.8 Å². The molecule has 0 bridgehead atoms. The van der Waals surface area contributed by atoms with E-state index in [2.05, 4.69) is 10.6 Å². The first-order valence-electron chi connectivity index (χ1n) is 10.5. The number of benzene rings is 3. The molecule has 3 aromatic carbocycles. The van der Waals surface area contributed by atoms with Crippen molar-refractivity contribution < 1.29 is 52.7 Å². The molecule has 0 fully saturated rings. The Balaban J connectivity index is 1.89. The van der Waals surface area contributed by atoms with Crippen molar-refractivity contribution in [2.45, 2.75) is 24.7 Å². The largest absolute Gasteiger partial charge is 0.416 e. The topological polar surface area (TPSA) is 24.1 Å². The molecular weight excluding hydrogens is 608 g/mol. The van der Waals surface area contributed by atoms with E-state index in [4.69, 9.17) is 24.4 Å². The second-order valence-corrected chi connectivity index (χ2v) is 8.89. The Morgan fingerprint density at radius 2 is 0.725 bits per heavy atom. The van der Waals surface area contributed by atoms with Gasteiger partial charge in [0.15, 0.2) is 0 Å². The fourth-order valence-electron chi connectivity index (χ4n) is 3.26. The molecule has 3 rings (SSSR count). The van der Waals surface area contributed by atoms with E-state index in [1.165, 1.54) is 24.3 Å². The molecule has 0 heterocycles. The van der Waals surface area contributed by atoms with Crippen LogP contribution in [0.15, 0.2) is 60.7 Å². The van der Waals surface area contributed by atoms with Crippen LogP contribution < -0.4 is 10.6 Å². The van der Waals surface area contributed by atoms with E-state index in [9.17, 15) is 52.7 Å². The zero-order chi connectivity index (χ0) is 30.3. The van der Waals surface area contributed by atoms with Crippen molar-refractivity contribution in [1.82, 2.24) is 0 Å². The van der Waals surface area contributed by atoms with Gasteiger partial charge in [0.2, 0.25) is 0 Å². The van der Waals surface area contributed by atoms with Gasteiger partial charge in [-0.3, -0.25) is 0 Å². The first-order valence-corrected chi connectivity index (χ1v) is 11.3. The minimum Gasteiger partial charge on any atom is -0.346 e. The summed E-state index contributed by atoms with van der Waals surface area (Å²) in [4.78, 5) is -0.703. The molecule has 0 aliphatic carbocycles. The average Bonchev–Trinajstić information content (AvgIpc) is 2.81. The fraction of sp³-hybridized carbons (Fsp3) is 0.167. The summed E-state index contributed by atoms with van der Waals surface area (Å²) < 4.78 is 157. The highest BCUT2D eigenvalue weighted by molar-refractivity contribution is 7.81. The maximum atomic E-state index is 13.1. The summed E-state index contributed by atoms with van der Waals surface area (Å²) in [5.74, 6) is 0. The lowest BCUT2D eigenvalue weighted by molar-refractivity contribution is -0.144. The van der Waals surface area contributed by atoms with Crippen LogP contribution in [-0.2, 0) is 24.7 Å². The first-order chi connectivity index (χ1) is 18.1. The number of rotatable bonds is 4. The van der Waals surface area contributed by atoms with E-state index in [0.717, 1.165) is 0 Å². The molecule has 0 atom stereocenters. The lowest BCUT2D eigenvalue weighted by Gasteiger charge is -2.17. The lowest BCUT2D eigenvalue weighted by atomic mass is 10.1. The Kier molecular flexibility index (Phi) is 8.46. The Labute approximate surface area is 228 Å². The predicted octanol–water partition coefficient (Wildman–Crippen LogP) is 9.34. The van der Waals surface area contributed by atoms with Crippen LogP contribution in [0.3, 0.4) is 0 Å². The molecule has 3 aromatic rings. The van der Waals surface area contributed by atoms with Crippen molar-refractivity contribution in [3.63, 3.8) is 0 Å². The number of anilines is 2. The molecule has 0 aliphatic rings. The monoisotopic (exact) mass is 620 g/mol. The van der Waals surface area contributed by atoms with Gasteiger partial charge < -0.3 is 10.6 Å². The van der Waals surface area contributed by atoms with Crippen molar-refractivity contribution in [3.05, 3.63) is 94.0 Å². The fourth-order valence-corrected chi connectivity index (χ4v) is 3.75. The third kappa shape index (κ3) is 7.84. The number of hydrogen-bond acceptors (Lipinski definition) is 2. The number of thiocarbonyl (C=S) groups is 2. The normalized spacial score (nSPS) is 12.7. The van der Waals surface area contributed by atoms with E-state index in [-0.39, 0.29) is 33.2 Å².